The number of rotatable bonds is 4. The van der Waals surface area contributed by atoms with Gasteiger partial charge in [0.25, 0.3) is 5.91 Å². The van der Waals surface area contributed by atoms with Crippen LogP contribution in [0.2, 0.25) is 0 Å². The van der Waals surface area contributed by atoms with Gasteiger partial charge in [-0.3, -0.25) is 4.79 Å². The zero-order valence-electron chi connectivity index (χ0n) is 10.5. The van der Waals surface area contributed by atoms with Crippen molar-refractivity contribution in [2.45, 2.75) is 26.1 Å². The molecule has 0 spiro atoms. The van der Waals surface area contributed by atoms with Crippen LogP contribution in [0.15, 0.2) is 18.2 Å². The molecule has 0 fully saturated rings. The number of hydrogen-bond donors (Lipinski definition) is 2. The zero-order chi connectivity index (χ0) is 14.6. The first-order valence-corrected chi connectivity index (χ1v) is 5.66. The summed E-state index contributed by atoms with van der Waals surface area (Å²) >= 11 is 0. The van der Waals surface area contributed by atoms with Gasteiger partial charge in [-0.05, 0) is 26.0 Å². The molecule has 0 heterocycles. The maximum atomic E-state index is 12.5. The molecular formula is C12H15F3N2O2. The molecule has 1 aromatic carbocycles. The van der Waals surface area contributed by atoms with Gasteiger partial charge in [-0.1, -0.05) is 0 Å². The fourth-order valence-electron chi connectivity index (χ4n) is 1.34. The SMILES string of the molecule is CCNC(=O)c1ccc(N)cc1OC(C)C(F)(F)F. The highest BCUT2D eigenvalue weighted by Crippen LogP contribution is 2.28. The van der Waals surface area contributed by atoms with E-state index in [1.807, 2.05) is 0 Å². The number of alkyl halides is 3. The highest BCUT2D eigenvalue weighted by molar-refractivity contribution is 5.97. The van der Waals surface area contributed by atoms with Crippen LogP contribution < -0.4 is 15.8 Å². The number of amides is 1. The van der Waals surface area contributed by atoms with Crippen molar-refractivity contribution in [3.05, 3.63) is 23.8 Å². The third kappa shape index (κ3) is 4.04. The van der Waals surface area contributed by atoms with Crippen LogP contribution >= 0.6 is 0 Å². The van der Waals surface area contributed by atoms with Crippen LogP contribution in [0, 0.1) is 0 Å². The average Bonchev–Trinajstić information content (AvgIpc) is 2.28. The van der Waals surface area contributed by atoms with E-state index in [1.54, 1.807) is 6.92 Å². The summed E-state index contributed by atoms with van der Waals surface area (Å²) in [6.45, 7) is 2.93. The number of carbonyl (C=O) groups excluding carboxylic acids is 1. The summed E-state index contributed by atoms with van der Waals surface area (Å²) in [4.78, 5) is 11.7. The van der Waals surface area contributed by atoms with Crippen LogP contribution in [0.25, 0.3) is 0 Å². The monoisotopic (exact) mass is 276 g/mol. The molecule has 0 saturated carbocycles. The molecular weight excluding hydrogens is 261 g/mol. The molecule has 7 heteroatoms. The Morgan fingerprint density at radius 1 is 1.47 bits per heavy atom. The van der Waals surface area contributed by atoms with E-state index < -0.39 is 18.2 Å². The van der Waals surface area contributed by atoms with Crippen LogP contribution in [0.4, 0.5) is 18.9 Å². The first-order chi connectivity index (χ1) is 8.75. The molecule has 106 valence electrons. The summed E-state index contributed by atoms with van der Waals surface area (Å²) in [5.74, 6) is -0.692. The van der Waals surface area contributed by atoms with Gasteiger partial charge in [0, 0.05) is 18.3 Å². The molecule has 3 N–H and O–H groups in total. The van der Waals surface area contributed by atoms with Crippen molar-refractivity contribution < 1.29 is 22.7 Å². The zero-order valence-corrected chi connectivity index (χ0v) is 10.5. The third-order valence-corrected chi connectivity index (χ3v) is 2.35. The first kappa shape index (κ1) is 15.1. The molecule has 1 amide bonds. The molecule has 0 radical (unpaired) electrons. The number of hydrogen-bond acceptors (Lipinski definition) is 3. The molecule has 0 aliphatic heterocycles. The highest BCUT2D eigenvalue weighted by Gasteiger charge is 2.38. The van der Waals surface area contributed by atoms with Gasteiger partial charge in [0.15, 0.2) is 6.10 Å². The van der Waals surface area contributed by atoms with Crippen LogP contribution in [-0.2, 0) is 0 Å². The van der Waals surface area contributed by atoms with Gasteiger partial charge in [0.05, 0.1) is 5.56 Å². The van der Waals surface area contributed by atoms with Crippen LogP contribution in [0.1, 0.15) is 24.2 Å². The smallest absolute Gasteiger partial charge is 0.425 e. The van der Waals surface area contributed by atoms with Gasteiger partial charge in [-0.15, -0.1) is 0 Å². The van der Waals surface area contributed by atoms with Gasteiger partial charge in [0.1, 0.15) is 5.75 Å². The summed E-state index contributed by atoms with van der Waals surface area (Å²) in [5.41, 5.74) is 5.73. The van der Waals surface area contributed by atoms with Crippen LogP contribution in [-0.4, -0.2) is 24.7 Å². The number of carbonyl (C=O) groups is 1. The minimum Gasteiger partial charge on any atom is -0.480 e. The topological polar surface area (TPSA) is 64.4 Å². The summed E-state index contributed by atoms with van der Waals surface area (Å²) in [5, 5.41) is 2.49. The fraction of sp³-hybridized carbons (Fsp3) is 0.417. The van der Waals surface area contributed by atoms with Gasteiger partial charge < -0.3 is 15.8 Å². The molecule has 0 saturated heterocycles. The normalized spacial score (nSPS) is 12.9. The highest BCUT2D eigenvalue weighted by atomic mass is 19.4. The lowest BCUT2D eigenvalue weighted by Crippen LogP contribution is -2.32. The van der Waals surface area contributed by atoms with E-state index in [1.165, 1.54) is 18.2 Å². The number of halogens is 3. The summed E-state index contributed by atoms with van der Waals surface area (Å²) in [6.07, 6.45) is -6.54. The van der Waals surface area contributed by atoms with Crippen LogP contribution in [0.3, 0.4) is 0 Å². The number of benzene rings is 1. The third-order valence-electron chi connectivity index (χ3n) is 2.35. The number of nitrogen functional groups attached to an aromatic ring is 1. The predicted molar refractivity (Wildman–Crippen MR) is 65.0 cm³/mol. The van der Waals surface area contributed by atoms with E-state index in [0.29, 0.717) is 6.54 Å². The number of nitrogens with one attached hydrogen (secondary N) is 1. The summed E-state index contributed by atoms with van der Waals surface area (Å²) in [6, 6.07) is 3.96. The summed E-state index contributed by atoms with van der Waals surface area (Å²) < 4.78 is 42.2. The van der Waals surface area contributed by atoms with Gasteiger partial charge >= 0.3 is 6.18 Å². The van der Waals surface area contributed by atoms with Crippen LogP contribution in [0.5, 0.6) is 5.75 Å². The average molecular weight is 276 g/mol. The Bertz CT molecular complexity index is 461. The van der Waals surface area contributed by atoms with Crippen molar-refractivity contribution in [3.8, 4) is 5.75 Å². The van der Waals surface area contributed by atoms with Gasteiger partial charge in [-0.25, -0.2) is 0 Å². The van der Waals surface area contributed by atoms with Crippen molar-refractivity contribution in [3.63, 3.8) is 0 Å². The fourth-order valence-corrected chi connectivity index (χ4v) is 1.34. The molecule has 4 nitrogen and oxygen atoms in total. The molecule has 0 aliphatic carbocycles. The molecule has 0 bridgehead atoms. The van der Waals surface area contributed by atoms with Gasteiger partial charge in [-0.2, -0.15) is 13.2 Å². The van der Waals surface area contributed by atoms with Crippen molar-refractivity contribution >= 4 is 11.6 Å². The van der Waals surface area contributed by atoms with Crippen molar-refractivity contribution in [2.24, 2.45) is 0 Å². The summed E-state index contributed by atoms with van der Waals surface area (Å²) in [7, 11) is 0. The largest absolute Gasteiger partial charge is 0.480 e. The lowest BCUT2D eigenvalue weighted by molar-refractivity contribution is -0.189. The Labute approximate surface area is 108 Å². The molecule has 1 rings (SSSR count). The quantitative estimate of drug-likeness (QED) is 0.830. The Morgan fingerprint density at radius 2 is 2.11 bits per heavy atom. The number of anilines is 1. The Hall–Kier alpha value is -1.92. The molecule has 1 unspecified atom stereocenters. The Balaban J connectivity index is 3.04. The second-order valence-electron chi connectivity index (χ2n) is 3.92. The Morgan fingerprint density at radius 3 is 2.63 bits per heavy atom. The molecule has 19 heavy (non-hydrogen) atoms. The maximum absolute atomic E-state index is 12.5. The van der Waals surface area contributed by atoms with Crippen molar-refractivity contribution in [2.75, 3.05) is 12.3 Å². The van der Waals surface area contributed by atoms with E-state index in [0.717, 1.165) is 6.92 Å². The molecule has 0 aromatic heterocycles. The van der Waals surface area contributed by atoms with Gasteiger partial charge in [0.2, 0.25) is 0 Å². The standard InChI is InChI=1S/C12H15F3N2O2/c1-3-17-11(18)9-5-4-8(16)6-10(9)19-7(2)12(13,14)15/h4-7H,3,16H2,1-2H3,(H,17,18). The molecule has 1 atom stereocenters. The lowest BCUT2D eigenvalue weighted by atomic mass is 10.1. The van der Waals surface area contributed by atoms with E-state index in [2.05, 4.69) is 5.32 Å². The number of ether oxygens (including phenoxy) is 1. The molecule has 0 aliphatic rings. The first-order valence-electron chi connectivity index (χ1n) is 5.66. The lowest BCUT2D eigenvalue weighted by Gasteiger charge is -2.19. The number of nitrogens with two attached hydrogens (primary N) is 1. The van der Waals surface area contributed by atoms with Crippen molar-refractivity contribution in [1.29, 1.82) is 0 Å². The second-order valence-corrected chi connectivity index (χ2v) is 3.92. The predicted octanol–water partition coefficient (Wildman–Crippen LogP) is 2.35. The molecule has 1 aromatic rings. The maximum Gasteiger partial charge on any atom is 0.425 e. The van der Waals surface area contributed by atoms with E-state index in [-0.39, 0.29) is 17.0 Å². The second kappa shape index (κ2) is 5.81. The Kier molecular flexibility index (Phi) is 4.63. The minimum absolute atomic E-state index is 0.0205. The van der Waals surface area contributed by atoms with E-state index in [9.17, 15) is 18.0 Å². The van der Waals surface area contributed by atoms with Crippen molar-refractivity contribution in [1.82, 2.24) is 5.32 Å². The van der Waals surface area contributed by atoms with E-state index in [4.69, 9.17) is 10.5 Å². The van der Waals surface area contributed by atoms with E-state index >= 15 is 0 Å². The minimum atomic E-state index is -4.51.